The van der Waals surface area contributed by atoms with Gasteiger partial charge < -0.3 is 9.88 Å². The number of aromatic nitrogens is 6. The monoisotopic (exact) mass is 391 g/mol. The van der Waals surface area contributed by atoms with Crippen molar-refractivity contribution in [2.45, 2.75) is 26.8 Å². The Morgan fingerprint density at radius 2 is 1.93 bits per heavy atom. The number of aryl methyl sites for hydroxylation is 1. The molecular formula is C20H18FN7O. The lowest BCUT2D eigenvalue weighted by molar-refractivity contribution is 0.112. The van der Waals surface area contributed by atoms with Crippen molar-refractivity contribution in [3.8, 4) is 11.3 Å². The first-order chi connectivity index (χ1) is 14.0. The molecule has 4 heterocycles. The third kappa shape index (κ3) is 3.54. The van der Waals surface area contributed by atoms with Gasteiger partial charge in [-0.05, 0) is 39.0 Å². The van der Waals surface area contributed by atoms with E-state index in [-0.39, 0.29) is 17.7 Å². The van der Waals surface area contributed by atoms with Crippen molar-refractivity contribution in [2.75, 3.05) is 5.32 Å². The van der Waals surface area contributed by atoms with Crippen LogP contribution < -0.4 is 5.32 Å². The Morgan fingerprint density at radius 3 is 2.62 bits per heavy atom. The van der Waals surface area contributed by atoms with E-state index in [0.29, 0.717) is 28.9 Å². The molecule has 9 heteroatoms. The maximum atomic E-state index is 14.5. The molecular weight excluding hydrogens is 373 g/mol. The Balaban J connectivity index is 1.73. The predicted molar refractivity (Wildman–Crippen MR) is 107 cm³/mol. The van der Waals surface area contributed by atoms with Crippen molar-refractivity contribution in [3.63, 3.8) is 0 Å². The molecule has 4 aromatic heterocycles. The minimum Gasteiger partial charge on any atom is -0.324 e. The number of fused-ring (bicyclic) bond motifs is 1. The second kappa shape index (κ2) is 7.34. The smallest absolute Gasteiger partial charge is 0.229 e. The third-order valence-corrected chi connectivity index (χ3v) is 4.42. The SMILES string of the molecule is Cc1nc2ncc(-c3nc(Nc4ccc(C=O)cn4)ncc3F)cc2n1C(C)C. The molecule has 0 spiro atoms. The highest BCUT2D eigenvalue weighted by Crippen LogP contribution is 2.27. The Hall–Kier alpha value is -3.75. The van der Waals surface area contributed by atoms with Gasteiger partial charge in [0.2, 0.25) is 5.95 Å². The molecule has 1 N–H and O–H groups in total. The molecule has 0 bridgehead atoms. The summed E-state index contributed by atoms with van der Waals surface area (Å²) in [7, 11) is 0. The fourth-order valence-corrected chi connectivity index (χ4v) is 3.17. The Morgan fingerprint density at radius 1 is 1.10 bits per heavy atom. The summed E-state index contributed by atoms with van der Waals surface area (Å²) in [5, 5.41) is 2.91. The van der Waals surface area contributed by atoms with Crippen LogP contribution >= 0.6 is 0 Å². The summed E-state index contributed by atoms with van der Waals surface area (Å²) < 4.78 is 16.5. The first-order valence-corrected chi connectivity index (χ1v) is 9.02. The van der Waals surface area contributed by atoms with Crippen LogP contribution in [-0.2, 0) is 0 Å². The average Bonchev–Trinajstić information content (AvgIpc) is 3.05. The minimum absolute atomic E-state index is 0.121. The number of carbonyl (C=O) groups excluding carboxylic acids is 1. The number of nitrogens with zero attached hydrogens (tertiary/aromatic N) is 6. The normalized spacial score (nSPS) is 11.2. The fourth-order valence-electron chi connectivity index (χ4n) is 3.17. The Kier molecular flexibility index (Phi) is 4.71. The van der Waals surface area contributed by atoms with Crippen LogP contribution in [0.15, 0.2) is 36.8 Å². The van der Waals surface area contributed by atoms with E-state index in [1.165, 1.54) is 6.20 Å². The van der Waals surface area contributed by atoms with Crippen LogP contribution in [0.4, 0.5) is 16.2 Å². The molecule has 0 unspecified atom stereocenters. The van der Waals surface area contributed by atoms with E-state index in [4.69, 9.17) is 0 Å². The summed E-state index contributed by atoms with van der Waals surface area (Å²) in [6.07, 6.45) is 4.77. The highest BCUT2D eigenvalue weighted by molar-refractivity contribution is 5.78. The summed E-state index contributed by atoms with van der Waals surface area (Å²) >= 11 is 0. The molecule has 0 atom stereocenters. The van der Waals surface area contributed by atoms with Crippen molar-refractivity contribution >= 4 is 29.2 Å². The number of aldehydes is 1. The van der Waals surface area contributed by atoms with Gasteiger partial charge in [-0.2, -0.15) is 0 Å². The van der Waals surface area contributed by atoms with E-state index >= 15 is 0 Å². The van der Waals surface area contributed by atoms with Crippen LogP contribution in [0.3, 0.4) is 0 Å². The molecule has 4 aromatic rings. The molecule has 4 rings (SSSR count). The predicted octanol–water partition coefficient (Wildman–Crippen LogP) is 3.87. The lowest BCUT2D eigenvalue weighted by atomic mass is 10.2. The number of halogens is 1. The topological polar surface area (TPSA) is 98.5 Å². The van der Waals surface area contributed by atoms with E-state index in [1.54, 1.807) is 18.3 Å². The summed E-state index contributed by atoms with van der Waals surface area (Å²) in [6, 6.07) is 5.24. The maximum Gasteiger partial charge on any atom is 0.229 e. The molecule has 29 heavy (non-hydrogen) atoms. The highest BCUT2D eigenvalue weighted by Gasteiger charge is 2.16. The van der Waals surface area contributed by atoms with E-state index < -0.39 is 5.82 Å². The number of carbonyl (C=O) groups is 1. The van der Waals surface area contributed by atoms with Crippen LogP contribution in [0.5, 0.6) is 0 Å². The van der Waals surface area contributed by atoms with Crippen LogP contribution in [0, 0.1) is 12.7 Å². The first-order valence-electron chi connectivity index (χ1n) is 9.02. The lowest BCUT2D eigenvalue weighted by Crippen LogP contribution is -2.04. The van der Waals surface area contributed by atoms with Gasteiger partial charge in [-0.3, -0.25) is 4.79 Å². The van der Waals surface area contributed by atoms with Gasteiger partial charge in [0, 0.05) is 29.6 Å². The Bertz CT molecular complexity index is 1200. The van der Waals surface area contributed by atoms with Crippen LogP contribution in [-0.4, -0.2) is 35.8 Å². The quantitative estimate of drug-likeness (QED) is 0.516. The van der Waals surface area contributed by atoms with E-state index in [0.717, 1.165) is 17.5 Å². The molecule has 0 fully saturated rings. The molecule has 146 valence electrons. The molecule has 0 aliphatic heterocycles. The number of anilines is 2. The lowest BCUT2D eigenvalue weighted by Gasteiger charge is -2.11. The largest absolute Gasteiger partial charge is 0.324 e. The second-order valence-corrected chi connectivity index (χ2v) is 6.80. The van der Waals surface area contributed by atoms with Gasteiger partial charge in [0.1, 0.15) is 17.3 Å². The van der Waals surface area contributed by atoms with Gasteiger partial charge in [-0.25, -0.2) is 29.3 Å². The zero-order valence-electron chi connectivity index (χ0n) is 16.1. The van der Waals surface area contributed by atoms with Crippen molar-refractivity contribution in [1.82, 2.24) is 29.5 Å². The van der Waals surface area contributed by atoms with Gasteiger partial charge in [0.15, 0.2) is 17.8 Å². The molecule has 0 radical (unpaired) electrons. The van der Waals surface area contributed by atoms with E-state index in [9.17, 15) is 9.18 Å². The van der Waals surface area contributed by atoms with Gasteiger partial charge in [0.25, 0.3) is 0 Å². The zero-order chi connectivity index (χ0) is 20.5. The van der Waals surface area contributed by atoms with Crippen molar-refractivity contribution in [1.29, 1.82) is 0 Å². The molecule has 0 aliphatic carbocycles. The summed E-state index contributed by atoms with van der Waals surface area (Å²) in [6.45, 7) is 6.02. The van der Waals surface area contributed by atoms with E-state index in [2.05, 4.69) is 44.1 Å². The number of hydrogen-bond donors (Lipinski definition) is 1. The number of nitrogens with one attached hydrogen (secondary N) is 1. The molecule has 0 saturated heterocycles. The molecule has 0 aliphatic rings. The maximum absolute atomic E-state index is 14.5. The number of rotatable bonds is 5. The summed E-state index contributed by atoms with van der Waals surface area (Å²) in [4.78, 5) is 31.9. The third-order valence-electron chi connectivity index (χ3n) is 4.42. The minimum atomic E-state index is -0.562. The molecule has 0 amide bonds. The molecule has 0 aromatic carbocycles. The van der Waals surface area contributed by atoms with Crippen LogP contribution in [0.2, 0.25) is 0 Å². The van der Waals surface area contributed by atoms with Gasteiger partial charge in [0.05, 0.1) is 11.7 Å². The first kappa shape index (κ1) is 18.6. The van der Waals surface area contributed by atoms with Crippen molar-refractivity contribution in [3.05, 3.63) is 54.0 Å². The highest BCUT2D eigenvalue weighted by atomic mass is 19.1. The second-order valence-electron chi connectivity index (χ2n) is 6.80. The molecule has 0 saturated carbocycles. The fraction of sp³-hybridized carbons (Fsp3) is 0.200. The number of imidazole rings is 1. The Labute approximate surface area is 165 Å². The molecule has 8 nitrogen and oxygen atoms in total. The average molecular weight is 391 g/mol. The zero-order valence-corrected chi connectivity index (χ0v) is 16.1. The van der Waals surface area contributed by atoms with Gasteiger partial charge in [-0.15, -0.1) is 0 Å². The van der Waals surface area contributed by atoms with Gasteiger partial charge in [-0.1, -0.05) is 0 Å². The van der Waals surface area contributed by atoms with Crippen molar-refractivity contribution in [2.24, 2.45) is 0 Å². The summed E-state index contributed by atoms with van der Waals surface area (Å²) in [5.74, 6) is 0.903. The number of hydrogen-bond acceptors (Lipinski definition) is 7. The van der Waals surface area contributed by atoms with Crippen LogP contribution in [0.1, 0.15) is 36.1 Å². The standard InChI is InChI=1S/C20H18FN7O/c1-11(2)28-12(3)25-19-16(28)6-14(8-23-19)18-15(21)9-24-20(27-18)26-17-5-4-13(10-29)7-22-17/h4-11H,1-3H3,(H,22,24,26,27). The number of pyridine rings is 2. The van der Waals surface area contributed by atoms with Gasteiger partial charge >= 0.3 is 0 Å². The van der Waals surface area contributed by atoms with Crippen LogP contribution in [0.25, 0.3) is 22.4 Å². The van der Waals surface area contributed by atoms with Crippen molar-refractivity contribution < 1.29 is 9.18 Å². The van der Waals surface area contributed by atoms with E-state index in [1.807, 2.05) is 17.6 Å². The summed E-state index contributed by atoms with van der Waals surface area (Å²) in [5.41, 5.74) is 2.51.